The highest BCUT2D eigenvalue weighted by Gasteiger charge is 2.15. The number of amides is 1. The SMILES string of the molecule is Cc1nc(Cl)ccc1NC(=O)COC1CCNCC1. The van der Waals surface area contributed by atoms with Gasteiger partial charge in [-0.25, -0.2) is 4.98 Å². The second kappa shape index (κ2) is 6.84. The molecule has 104 valence electrons. The fraction of sp³-hybridized carbons (Fsp3) is 0.538. The number of aromatic nitrogens is 1. The van der Waals surface area contributed by atoms with Gasteiger partial charge in [-0.15, -0.1) is 0 Å². The van der Waals surface area contributed by atoms with Gasteiger partial charge in [0.05, 0.1) is 17.5 Å². The zero-order chi connectivity index (χ0) is 13.7. The van der Waals surface area contributed by atoms with Crippen LogP contribution in [0.2, 0.25) is 5.15 Å². The summed E-state index contributed by atoms with van der Waals surface area (Å²) >= 11 is 5.76. The fourth-order valence-corrected chi connectivity index (χ4v) is 2.19. The summed E-state index contributed by atoms with van der Waals surface area (Å²) in [4.78, 5) is 15.9. The van der Waals surface area contributed by atoms with Crippen molar-refractivity contribution in [2.45, 2.75) is 25.9 Å². The van der Waals surface area contributed by atoms with Gasteiger partial charge in [-0.2, -0.15) is 0 Å². The number of piperidine rings is 1. The molecule has 0 atom stereocenters. The molecule has 0 saturated carbocycles. The lowest BCUT2D eigenvalue weighted by atomic mass is 10.1. The molecule has 1 aliphatic heterocycles. The van der Waals surface area contributed by atoms with Crippen LogP contribution >= 0.6 is 11.6 Å². The van der Waals surface area contributed by atoms with Crippen LogP contribution in [0.15, 0.2) is 12.1 Å². The summed E-state index contributed by atoms with van der Waals surface area (Å²) in [5.41, 5.74) is 1.37. The van der Waals surface area contributed by atoms with Gasteiger partial charge >= 0.3 is 0 Å². The monoisotopic (exact) mass is 283 g/mol. The van der Waals surface area contributed by atoms with E-state index in [1.165, 1.54) is 0 Å². The van der Waals surface area contributed by atoms with Gasteiger partial charge in [-0.3, -0.25) is 4.79 Å². The van der Waals surface area contributed by atoms with Gasteiger partial charge in [0.25, 0.3) is 0 Å². The highest BCUT2D eigenvalue weighted by atomic mass is 35.5. The van der Waals surface area contributed by atoms with E-state index in [4.69, 9.17) is 16.3 Å². The number of carbonyl (C=O) groups excluding carboxylic acids is 1. The molecule has 2 N–H and O–H groups in total. The van der Waals surface area contributed by atoms with E-state index in [2.05, 4.69) is 15.6 Å². The van der Waals surface area contributed by atoms with Crippen LogP contribution in [-0.2, 0) is 9.53 Å². The molecule has 5 nitrogen and oxygen atoms in total. The Morgan fingerprint density at radius 1 is 1.53 bits per heavy atom. The van der Waals surface area contributed by atoms with Crippen LogP contribution in [0.4, 0.5) is 5.69 Å². The lowest BCUT2D eigenvalue weighted by Crippen LogP contribution is -2.34. The van der Waals surface area contributed by atoms with Gasteiger partial charge in [0.2, 0.25) is 5.91 Å². The first-order valence-corrected chi connectivity index (χ1v) is 6.78. The molecular formula is C13H18ClN3O2. The van der Waals surface area contributed by atoms with Crippen LogP contribution in [0.1, 0.15) is 18.5 Å². The molecule has 1 saturated heterocycles. The van der Waals surface area contributed by atoms with Crippen molar-refractivity contribution >= 4 is 23.2 Å². The molecule has 19 heavy (non-hydrogen) atoms. The Hall–Kier alpha value is -1.17. The smallest absolute Gasteiger partial charge is 0.250 e. The van der Waals surface area contributed by atoms with Gasteiger partial charge < -0.3 is 15.4 Å². The van der Waals surface area contributed by atoms with Gasteiger partial charge in [0.1, 0.15) is 11.8 Å². The van der Waals surface area contributed by atoms with E-state index in [9.17, 15) is 4.79 Å². The number of carbonyl (C=O) groups is 1. The zero-order valence-corrected chi connectivity index (χ0v) is 11.7. The molecule has 2 rings (SSSR count). The molecule has 1 aliphatic rings. The molecule has 1 aromatic rings. The number of nitrogens with zero attached hydrogens (tertiary/aromatic N) is 1. The number of hydrogen-bond donors (Lipinski definition) is 2. The van der Waals surface area contributed by atoms with Gasteiger partial charge in [-0.1, -0.05) is 11.6 Å². The Balaban J connectivity index is 1.80. The van der Waals surface area contributed by atoms with Crippen molar-refractivity contribution in [1.82, 2.24) is 10.3 Å². The Kier molecular flexibility index (Phi) is 5.13. The minimum Gasteiger partial charge on any atom is -0.368 e. The van der Waals surface area contributed by atoms with E-state index >= 15 is 0 Å². The van der Waals surface area contributed by atoms with E-state index < -0.39 is 0 Å². The molecular weight excluding hydrogens is 266 g/mol. The Labute approximate surface area is 117 Å². The predicted molar refractivity (Wildman–Crippen MR) is 74.5 cm³/mol. The standard InChI is InChI=1S/C13H18ClN3O2/c1-9-11(2-3-12(14)16-9)17-13(18)8-19-10-4-6-15-7-5-10/h2-3,10,15H,4-8H2,1H3,(H,17,18). The summed E-state index contributed by atoms with van der Waals surface area (Å²) in [7, 11) is 0. The molecule has 1 amide bonds. The maximum Gasteiger partial charge on any atom is 0.250 e. The maximum atomic E-state index is 11.8. The summed E-state index contributed by atoms with van der Waals surface area (Å²) in [6, 6.07) is 3.39. The molecule has 0 radical (unpaired) electrons. The third kappa shape index (κ3) is 4.45. The summed E-state index contributed by atoms with van der Waals surface area (Å²) in [6.45, 7) is 3.78. The molecule has 2 heterocycles. The number of ether oxygens (including phenoxy) is 1. The Morgan fingerprint density at radius 3 is 2.95 bits per heavy atom. The number of halogens is 1. The molecule has 0 spiro atoms. The van der Waals surface area contributed by atoms with Crippen LogP contribution in [0.5, 0.6) is 0 Å². The second-order valence-corrected chi connectivity index (χ2v) is 4.96. The summed E-state index contributed by atoms with van der Waals surface area (Å²) < 4.78 is 5.58. The van der Waals surface area contributed by atoms with Crippen LogP contribution < -0.4 is 10.6 Å². The average molecular weight is 284 g/mol. The van der Waals surface area contributed by atoms with Crippen molar-refractivity contribution in [2.24, 2.45) is 0 Å². The third-order valence-electron chi connectivity index (χ3n) is 3.06. The van der Waals surface area contributed by atoms with E-state index in [-0.39, 0.29) is 18.6 Å². The van der Waals surface area contributed by atoms with Crippen LogP contribution in [-0.4, -0.2) is 36.7 Å². The molecule has 6 heteroatoms. The predicted octanol–water partition coefficient (Wildman–Crippen LogP) is 1.75. The summed E-state index contributed by atoms with van der Waals surface area (Å²) in [5.74, 6) is -0.161. The van der Waals surface area contributed by atoms with Crippen LogP contribution in [0.25, 0.3) is 0 Å². The molecule has 1 fully saturated rings. The number of pyridine rings is 1. The number of rotatable bonds is 4. The lowest BCUT2D eigenvalue weighted by Gasteiger charge is -2.22. The van der Waals surface area contributed by atoms with Crippen molar-refractivity contribution in [3.8, 4) is 0 Å². The number of nitrogens with one attached hydrogen (secondary N) is 2. The third-order valence-corrected chi connectivity index (χ3v) is 3.27. The fourth-order valence-electron chi connectivity index (χ4n) is 2.00. The van der Waals surface area contributed by atoms with Crippen molar-refractivity contribution in [3.05, 3.63) is 23.0 Å². The first kappa shape index (κ1) is 14.2. The molecule has 0 unspecified atom stereocenters. The van der Waals surface area contributed by atoms with E-state index in [1.54, 1.807) is 19.1 Å². The van der Waals surface area contributed by atoms with Crippen LogP contribution in [0, 0.1) is 6.92 Å². The normalized spacial score (nSPS) is 16.3. The number of anilines is 1. The van der Waals surface area contributed by atoms with Crippen LogP contribution in [0.3, 0.4) is 0 Å². The van der Waals surface area contributed by atoms with Gasteiger partial charge in [0, 0.05) is 0 Å². The lowest BCUT2D eigenvalue weighted by molar-refractivity contribution is -0.123. The highest BCUT2D eigenvalue weighted by Crippen LogP contribution is 2.15. The molecule has 0 bridgehead atoms. The largest absolute Gasteiger partial charge is 0.368 e. The van der Waals surface area contributed by atoms with E-state index in [0.717, 1.165) is 25.9 Å². The molecule has 0 aromatic carbocycles. The first-order valence-electron chi connectivity index (χ1n) is 6.40. The number of hydrogen-bond acceptors (Lipinski definition) is 4. The minimum atomic E-state index is -0.161. The second-order valence-electron chi connectivity index (χ2n) is 4.58. The summed E-state index contributed by atoms with van der Waals surface area (Å²) in [6.07, 6.45) is 2.08. The zero-order valence-electron chi connectivity index (χ0n) is 10.9. The molecule has 0 aliphatic carbocycles. The molecule has 1 aromatic heterocycles. The quantitative estimate of drug-likeness (QED) is 0.827. The number of aryl methyl sites for hydroxylation is 1. The Bertz CT molecular complexity index is 448. The van der Waals surface area contributed by atoms with E-state index in [1.807, 2.05) is 0 Å². The van der Waals surface area contributed by atoms with E-state index in [0.29, 0.717) is 16.5 Å². The van der Waals surface area contributed by atoms with Gasteiger partial charge in [-0.05, 0) is 45.0 Å². The van der Waals surface area contributed by atoms with Crippen molar-refractivity contribution in [1.29, 1.82) is 0 Å². The Morgan fingerprint density at radius 2 is 2.26 bits per heavy atom. The minimum absolute atomic E-state index is 0.0761. The van der Waals surface area contributed by atoms with Gasteiger partial charge in [0.15, 0.2) is 0 Å². The highest BCUT2D eigenvalue weighted by molar-refractivity contribution is 6.29. The average Bonchev–Trinajstić information content (AvgIpc) is 2.41. The summed E-state index contributed by atoms with van der Waals surface area (Å²) in [5, 5.41) is 6.45. The topological polar surface area (TPSA) is 63.2 Å². The van der Waals surface area contributed by atoms with Crippen molar-refractivity contribution in [3.63, 3.8) is 0 Å². The van der Waals surface area contributed by atoms with Crippen molar-refractivity contribution < 1.29 is 9.53 Å². The van der Waals surface area contributed by atoms with Crippen molar-refractivity contribution in [2.75, 3.05) is 25.0 Å². The maximum absolute atomic E-state index is 11.8. The first-order chi connectivity index (χ1) is 9.15.